The minimum Gasteiger partial charge on any atom is -0.493 e. The third-order valence-corrected chi connectivity index (χ3v) is 4.16. The Labute approximate surface area is 132 Å². The smallest absolute Gasteiger partial charge is 0.252 e. The topological polar surface area (TPSA) is 65.2 Å². The number of amides is 1. The molecule has 112 valence electrons. The molecule has 0 unspecified atom stereocenters. The van der Waals surface area contributed by atoms with Gasteiger partial charge in [-0.3, -0.25) is 4.79 Å². The summed E-state index contributed by atoms with van der Waals surface area (Å²) in [7, 11) is 0. The molecule has 0 aliphatic heterocycles. The molecule has 4 nitrogen and oxygen atoms in total. The molecule has 0 aliphatic carbocycles. The average molecular weight is 325 g/mol. The largest absolute Gasteiger partial charge is 0.493 e. The van der Waals surface area contributed by atoms with Gasteiger partial charge in [0.2, 0.25) is 0 Å². The molecule has 0 spiro atoms. The van der Waals surface area contributed by atoms with Gasteiger partial charge in [0.25, 0.3) is 5.91 Å². The Bertz CT molecular complexity index is 601. The van der Waals surface area contributed by atoms with E-state index in [0.29, 0.717) is 23.8 Å². The summed E-state index contributed by atoms with van der Waals surface area (Å²) in [6, 6.07) is 7.02. The first-order chi connectivity index (χ1) is 10.2. The molecular weight excluding hydrogens is 308 g/mol. The molecule has 0 aliphatic rings. The number of nitrogens with two attached hydrogens (primary N) is 1. The Kier molecular flexibility index (Phi) is 6.02. The number of ether oxygens (including phenoxy) is 1. The number of carbonyl (C=O) groups is 1. The zero-order chi connectivity index (χ0) is 15.1. The molecule has 2 rings (SSSR count). The molecule has 1 aromatic heterocycles. The fraction of sp³-hybridized carbons (Fsp3) is 0.333. The molecule has 1 aromatic carbocycles. The van der Waals surface area contributed by atoms with Crippen molar-refractivity contribution in [3.63, 3.8) is 0 Å². The number of thiazole rings is 1. The van der Waals surface area contributed by atoms with E-state index in [1.807, 2.05) is 11.4 Å². The minimum absolute atomic E-state index is 0.421. The summed E-state index contributed by atoms with van der Waals surface area (Å²) in [6.07, 6.45) is 2.79. The first-order valence-electron chi connectivity index (χ1n) is 6.71. The molecular formula is C15H17ClN2O2S. The van der Waals surface area contributed by atoms with Crippen LogP contribution in [0.4, 0.5) is 0 Å². The molecule has 0 saturated heterocycles. The Hall–Kier alpha value is -1.59. The number of benzene rings is 1. The van der Waals surface area contributed by atoms with Crippen LogP contribution in [0.5, 0.6) is 5.75 Å². The van der Waals surface area contributed by atoms with Gasteiger partial charge in [-0.15, -0.1) is 22.9 Å². The maximum atomic E-state index is 11.3. The van der Waals surface area contributed by atoms with Crippen LogP contribution in [0.3, 0.4) is 0 Å². The van der Waals surface area contributed by atoms with Crippen molar-refractivity contribution in [1.29, 1.82) is 0 Å². The van der Waals surface area contributed by atoms with Crippen molar-refractivity contribution in [2.24, 2.45) is 5.73 Å². The van der Waals surface area contributed by atoms with Gasteiger partial charge < -0.3 is 10.5 Å². The third kappa shape index (κ3) is 4.72. The van der Waals surface area contributed by atoms with E-state index in [4.69, 9.17) is 22.1 Å². The van der Waals surface area contributed by atoms with Crippen molar-refractivity contribution >= 4 is 28.8 Å². The van der Waals surface area contributed by atoms with E-state index in [1.165, 1.54) is 0 Å². The summed E-state index contributed by atoms with van der Waals surface area (Å²) in [5.41, 5.74) is 6.65. The molecule has 1 amide bonds. The second-order valence-corrected chi connectivity index (χ2v) is 5.74. The van der Waals surface area contributed by atoms with Gasteiger partial charge in [-0.05, 0) is 31.4 Å². The van der Waals surface area contributed by atoms with E-state index in [2.05, 4.69) is 4.98 Å². The van der Waals surface area contributed by atoms with Gasteiger partial charge in [0.15, 0.2) is 0 Å². The molecule has 0 fully saturated rings. The van der Waals surface area contributed by atoms with Crippen molar-refractivity contribution in [2.75, 3.05) is 6.61 Å². The van der Waals surface area contributed by atoms with Gasteiger partial charge in [-0.2, -0.15) is 0 Å². The lowest BCUT2D eigenvalue weighted by atomic mass is 10.2. The zero-order valence-electron chi connectivity index (χ0n) is 11.5. The lowest BCUT2D eigenvalue weighted by Gasteiger charge is -2.08. The van der Waals surface area contributed by atoms with Crippen LogP contribution in [0.25, 0.3) is 0 Å². The molecule has 0 atom stereocenters. The first-order valence-corrected chi connectivity index (χ1v) is 8.13. The Morgan fingerprint density at radius 1 is 1.33 bits per heavy atom. The highest BCUT2D eigenvalue weighted by Crippen LogP contribution is 2.18. The number of carbonyl (C=O) groups excluding carboxylic acids is 1. The summed E-state index contributed by atoms with van der Waals surface area (Å²) < 4.78 is 5.62. The second-order valence-electron chi connectivity index (χ2n) is 4.53. The molecule has 6 heteroatoms. The average Bonchev–Trinajstić information content (AvgIpc) is 2.95. The van der Waals surface area contributed by atoms with Gasteiger partial charge in [0.05, 0.1) is 28.8 Å². The number of aryl methyl sites for hydroxylation is 1. The van der Waals surface area contributed by atoms with Crippen molar-refractivity contribution in [3.05, 3.63) is 45.9 Å². The van der Waals surface area contributed by atoms with Gasteiger partial charge in [-0.25, -0.2) is 4.98 Å². The number of hydrogen-bond donors (Lipinski definition) is 1. The van der Waals surface area contributed by atoms with Crippen molar-refractivity contribution in [1.82, 2.24) is 4.98 Å². The summed E-state index contributed by atoms with van der Waals surface area (Å²) >= 11 is 7.36. The summed E-state index contributed by atoms with van der Waals surface area (Å²) in [5.74, 6) is 0.537. The second kappa shape index (κ2) is 8.00. The number of hydrogen-bond acceptors (Lipinski definition) is 4. The lowest BCUT2D eigenvalue weighted by molar-refractivity contribution is 0.0996. The molecule has 21 heavy (non-hydrogen) atoms. The highest BCUT2D eigenvalue weighted by molar-refractivity contribution is 7.09. The van der Waals surface area contributed by atoms with Crippen LogP contribution in [0.15, 0.2) is 29.6 Å². The maximum absolute atomic E-state index is 11.3. The van der Waals surface area contributed by atoms with Gasteiger partial charge in [-0.1, -0.05) is 12.1 Å². The highest BCUT2D eigenvalue weighted by atomic mass is 35.5. The highest BCUT2D eigenvalue weighted by Gasteiger charge is 2.08. The molecule has 2 N–H and O–H groups in total. The number of primary amides is 1. The van der Waals surface area contributed by atoms with Crippen molar-refractivity contribution < 1.29 is 9.53 Å². The quantitative estimate of drug-likeness (QED) is 0.598. The van der Waals surface area contributed by atoms with E-state index in [9.17, 15) is 4.79 Å². The fourth-order valence-electron chi connectivity index (χ4n) is 1.88. The predicted molar refractivity (Wildman–Crippen MR) is 85.1 cm³/mol. The first kappa shape index (κ1) is 15.8. The SMILES string of the molecule is NC(=O)c1ccccc1OCCCCc1nc(CCl)cs1. The Balaban J connectivity index is 1.74. The van der Waals surface area contributed by atoms with Crippen molar-refractivity contribution in [2.45, 2.75) is 25.1 Å². The van der Waals surface area contributed by atoms with Crippen LogP contribution in [0, 0.1) is 0 Å². The van der Waals surface area contributed by atoms with Crippen LogP contribution in [0.1, 0.15) is 33.9 Å². The number of rotatable bonds is 8. The van der Waals surface area contributed by atoms with Crippen LogP contribution >= 0.6 is 22.9 Å². The van der Waals surface area contributed by atoms with E-state index in [1.54, 1.807) is 29.5 Å². The number of unbranched alkanes of at least 4 members (excludes halogenated alkanes) is 1. The van der Waals surface area contributed by atoms with Crippen LogP contribution < -0.4 is 10.5 Å². The maximum Gasteiger partial charge on any atom is 0.252 e. The monoisotopic (exact) mass is 324 g/mol. The normalized spacial score (nSPS) is 10.5. The van der Waals surface area contributed by atoms with E-state index in [-0.39, 0.29) is 0 Å². The predicted octanol–water partition coefficient (Wildman–Crippen LogP) is 3.38. The summed E-state index contributed by atoms with van der Waals surface area (Å²) in [6.45, 7) is 0.554. The number of alkyl halides is 1. The molecule has 0 saturated carbocycles. The van der Waals surface area contributed by atoms with E-state index < -0.39 is 5.91 Å². The van der Waals surface area contributed by atoms with Crippen molar-refractivity contribution in [3.8, 4) is 5.75 Å². The number of para-hydroxylation sites is 1. The van der Waals surface area contributed by atoms with Gasteiger partial charge in [0, 0.05) is 5.38 Å². The van der Waals surface area contributed by atoms with Crippen LogP contribution in [-0.4, -0.2) is 17.5 Å². The molecule has 0 radical (unpaired) electrons. The standard InChI is InChI=1S/C15H17ClN2O2S/c16-9-11-10-21-14(18-11)7-3-4-8-20-13-6-2-1-5-12(13)15(17)19/h1-2,5-6,10H,3-4,7-9H2,(H2,17,19). The molecule has 2 aromatic rings. The van der Waals surface area contributed by atoms with E-state index >= 15 is 0 Å². The summed E-state index contributed by atoms with van der Waals surface area (Å²) in [4.78, 5) is 15.7. The van der Waals surface area contributed by atoms with Crippen LogP contribution in [-0.2, 0) is 12.3 Å². The Morgan fingerprint density at radius 2 is 2.14 bits per heavy atom. The summed E-state index contributed by atoms with van der Waals surface area (Å²) in [5, 5.41) is 3.09. The number of aromatic nitrogens is 1. The Morgan fingerprint density at radius 3 is 2.86 bits per heavy atom. The van der Waals surface area contributed by atoms with Crippen LogP contribution in [0.2, 0.25) is 0 Å². The molecule has 1 heterocycles. The fourth-order valence-corrected chi connectivity index (χ4v) is 2.95. The van der Waals surface area contributed by atoms with E-state index in [0.717, 1.165) is 30.0 Å². The van der Waals surface area contributed by atoms with Gasteiger partial charge in [0.1, 0.15) is 5.75 Å². The lowest BCUT2D eigenvalue weighted by Crippen LogP contribution is -2.13. The number of nitrogens with zero attached hydrogens (tertiary/aromatic N) is 1. The zero-order valence-corrected chi connectivity index (χ0v) is 13.1. The molecule has 0 bridgehead atoms. The third-order valence-electron chi connectivity index (χ3n) is 2.93. The minimum atomic E-state index is -0.470. The number of halogens is 1. The van der Waals surface area contributed by atoms with Gasteiger partial charge >= 0.3 is 0 Å².